The lowest BCUT2D eigenvalue weighted by Gasteiger charge is -2.19. The van der Waals surface area contributed by atoms with E-state index in [1.807, 2.05) is 81.9 Å². The fraction of sp³-hybridized carbons (Fsp3) is 0.357. The molecular weight excluding hydrogens is 426 g/mol. The molecule has 6 heteroatoms. The molecular formula is C28H35N3O3. The molecule has 1 atom stereocenters. The van der Waals surface area contributed by atoms with E-state index in [2.05, 4.69) is 16.9 Å². The highest BCUT2D eigenvalue weighted by molar-refractivity contribution is 5.94. The van der Waals surface area contributed by atoms with Gasteiger partial charge in [0.15, 0.2) is 0 Å². The van der Waals surface area contributed by atoms with Crippen LogP contribution in [0, 0.1) is 6.92 Å². The van der Waals surface area contributed by atoms with Gasteiger partial charge in [-0.05, 0) is 75.4 Å². The predicted octanol–water partition coefficient (Wildman–Crippen LogP) is 4.94. The molecule has 1 amide bonds. The molecule has 34 heavy (non-hydrogen) atoms. The molecule has 1 aromatic heterocycles. The highest BCUT2D eigenvalue weighted by atomic mass is 16.5. The Balaban J connectivity index is 1.69. The second kappa shape index (κ2) is 11.2. The third kappa shape index (κ3) is 6.35. The number of imidazole rings is 1. The van der Waals surface area contributed by atoms with E-state index >= 15 is 0 Å². The number of carbonyl (C=O) groups excluding carboxylic acids is 1. The number of allylic oxidation sites excluding steroid dienone is 1. The smallest absolute Gasteiger partial charge is 0.251 e. The Morgan fingerprint density at radius 1 is 1.21 bits per heavy atom. The summed E-state index contributed by atoms with van der Waals surface area (Å²) in [4.78, 5) is 17.5. The van der Waals surface area contributed by atoms with Gasteiger partial charge in [0.25, 0.3) is 5.91 Å². The minimum absolute atomic E-state index is 0.000834. The maximum atomic E-state index is 12.9. The number of aliphatic hydroxyl groups is 1. The molecule has 3 aromatic rings. The SMILES string of the molecule is C=C(C)c1nc(-c2ccc(C[C@@H](CCO)NC(=O)c3ccc(OC(C)C)c(C)c3)cc2)cn1C. The molecule has 0 bridgehead atoms. The molecule has 2 N–H and O–H groups in total. The van der Waals surface area contributed by atoms with Crippen molar-refractivity contribution in [2.24, 2.45) is 7.05 Å². The van der Waals surface area contributed by atoms with E-state index in [0.717, 1.165) is 39.5 Å². The largest absolute Gasteiger partial charge is 0.491 e. The molecule has 3 rings (SSSR count). The molecule has 6 nitrogen and oxygen atoms in total. The predicted molar refractivity (Wildman–Crippen MR) is 137 cm³/mol. The van der Waals surface area contributed by atoms with Crippen LogP contribution < -0.4 is 10.1 Å². The minimum Gasteiger partial charge on any atom is -0.491 e. The van der Waals surface area contributed by atoms with Crippen LogP contribution in [-0.4, -0.2) is 39.3 Å². The number of hydrogen-bond donors (Lipinski definition) is 2. The number of benzene rings is 2. The van der Waals surface area contributed by atoms with Crippen molar-refractivity contribution >= 4 is 11.5 Å². The van der Waals surface area contributed by atoms with E-state index in [-0.39, 0.29) is 24.7 Å². The summed E-state index contributed by atoms with van der Waals surface area (Å²) in [5.74, 6) is 1.49. The van der Waals surface area contributed by atoms with Crippen LogP contribution >= 0.6 is 0 Å². The second-order valence-electron chi connectivity index (χ2n) is 9.07. The van der Waals surface area contributed by atoms with Gasteiger partial charge in [-0.25, -0.2) is 4.98 Å². The van der Waals surface area contributed by atoms with Gasteiger partial charge in [0.2, 0.25) is 0 Å². The molecule has 2 aromatic carbocycles. The van der Waals surface area contributed by atoms with Gasteiger partial charge in [0, 0.05) is 37.0 Å². The number of hydrogen-bond acceptors (Lipinski definition) is 4. The Hall–Kier alpha value is -3.38. The van der Waals surface area contributed by atoms with E-state index in [9.17, 15) is 9.90 Å². The Bertz CT molecular complexity index is 1150. The zero-order valence-electron chi connectivity index (χ0n) is 20.8. The fourth-order valence-electron chi connectivity index (χ4n) is 3.92. The second-order valence-corrected chi connectivity index (χ2v) is 9.07. The number of nitrogens with zero attached hydrogens (tertiary/aromatic N) is 2. The van der Waals surface area contributed by atoms with Gasteiger partial charge in [-0.15, -0.1) is 0 Å². The lowest BCUT2D eigenvalue weighted by molar-refractivity contribution is 0.0930. The molecule has 0 saturated heterocycles. The molecule has 0 aliphatic heterocycles. The number of aromatic nitrogens is 2. The molecule has 1 heterocycles. The van der Waals surface area contributed by atoms with E-state index in [4.69, 9.17) is 4.74 Å². The molecule has 0 saturated carbocycles. The molecule has 0 fully saturated rings. The first-order valence-electron chi connectivity index (χ1n) is 11.7. The molecule has 0 radical (unpaired) electrons. The average Bonchev–Trinajstić information content (AvgIpc) is 3.17. The summed E-state index contributed by atoms with van der Waals surface area (Å²) in [6, 6.07) is 13.4. The van der Waals surface area contributed by atoms with E-state index < -0.39 is 0 Å². The number of ether oxygens (including phenoxy) is 1. The van der Waals surface area contributed by atoms with Crippen LogP contribution in [0.15, 0.2) is 55.2 Å². The number of rotatable bonds is 10. The number of carbonyl (C=O) groups is 1. The minimum atomic E-state index is -0.180. The number of aliphatic hydroxyl groups excluding tert-OH is 1. The van der Waals surface area contributed by atoms with Crippen LogP contribution in [0.2, 0.25) is 0 Å². The van der Waals surface area contributed by atoms with Gasteiger partial charge in [-0.3, -0.25) is 4.79 Å². The average molecular weight is 462 g/mol. The van der Waals surface area contributed by atoms with Crippen LogP contribution in [0.25, 0.3) is 16.8 Å². The molecule has 0 aliphatic rings. The zero-order chi connectivity index (χ0) is 24.8. The van der Waals surface area contributed by atoms with Crippen molar-refractivity contribution in [3.63, 3.8) is 0 Å². The van der Waals surface area contributed by atoms with Gasteiger partial charge in [0.05, 0.1) is 11.8 Å². The Labute approximate surface area is 202 Å². The van der Waals surface area contributed by atoms with Crippen LogP contribution in [0.1, 0.15) is 54.5 Å². The zero-order valence-corrected chi connectivity index (χ0v) is 20.8. The van der Waals surface area contributed by atoms with Crippen LogP contribution in [0.5, 0.6) is 5.75 Å². The first-order valence-corrected chi connectivity index (χ1v) is 11.7. The fourth-order valence-corrected chi connectivity index (χ4v) is 3.92. The normalized spacial score (nSPS) is 12.0. The van der Waals surface area contributed by atoms with Crippen molar-refractivity contribution in [1.29, 1.82) is 0 Å². The van der Waals surface area contributed by atoms with Gasteiger partial charge in [-0.2, -0.15) is 0 Å². The lowest BCUT2D eigenvalue weighted by atomic mass is 10.0. The van der Waals surface area contributed by atoms with Crippen LogP contribution in [0.4, 0.5) is 0 Å². The van der Waals surface area contributed by atoms with Crippen molar-refractivity contribution < 1.29 is 14.6 Å². The van der Waals surface area contributed by atoms with Crippen LogP contribution in [-0.2, 0) is 13.5 Å². The van der Waals surface area contributed by atoms with E-state index in [1.165, 1.54) is 0 Å². The Morgan fingerprint density at radius 2 is 1.91 bits per heavy atom. The van der Waals surface area contributed by atoms with Crippen LogP contribution in [0.3, 0.4) is 0 Å². The number of aryl methyl sites for hydroxylation is 2. The summed E-state index contributed by atoms with van der Waals surface area (Å²) >= 11 is 0. The maximum Gasteiger partial charge on any atom is 0.251 e. The van der Waals surface area contributed by atoms with Gasteiger partial charge >= 0.3 is 0 Å². The summed E-state index contributed by atoms with van der Waals surface area (Å²) in [5, 5.41) is 12.6. The van der Waals surface area contributed by atoms with Gasteiger partial charge in [0.1, 0.15) is 11.6 Å². The number of amides is 1. The maximum absolute atomic E-state index is 12.9. The van der Waals surface area contributed by atoms with Crippen molar-refractivity contribution in [2.75, 3.05) is 6.61 Å². The topological polar surface area (TPSA) is 76.4 Å². The molecule has 180 valence electrons. The summed E-state index contributed by atoms with van der Waals surface area (Å²) in [7, 11) is 1.96. The molecule has 0 spiro atoms. The summed E-state index contributed by atoms with van der Waals surface area (Å²) < 4.78 is 7.74. The molecule has 0 unspecified atom stereocenters. The monoisotopic (exact) mass is 461 g/mol. The van der Waals surface area contributed by atoms with Gasteiger partial charge < -0.3 is 19.7 Å². The van der Waals surface area contributed by atoms with Crippen molar-refractivity contribution in [1.82, 2.24) is 14.9 Å². The van der Waals surface area contributed by atoms with Crippen molar-refractivity contribution in [3.8, 4) is 17.0 Å². The third-order valence-electron chi connectivity index (χ3n) is 5.60. The third-order valence-corrected chi connectivity index (χ3v) is 5.60. The standard InChI is InChI=1S/C28H35N3O3/c1-18(2)27-30-25(17-31(27)6)22-9-7-21(8-10-22)16-24(13-14-32)29-28(33)23-11-12-26(20(5)15-23)34-19(3)4/h7-12,15,17,19,24,32H,1,13-14,16H2,2-6H3,(H,29,33)/t24-/m1/s1. The first-order chi connectivity index (χ1) is 16.2. The highest BCUT2D eigenvalue weighted by Gasteiger charge is 2.16. The molecule has 0 aliphatic carbocycles. The lowest BCUT2D eigenvalue weighted by Crippen LogP contribution is -2.37. The Morgan fingerprint density at radius 3 is 2.47 bits per heavy atom. The Kier molecular flexibility index (Phi) is 8.29. The van der Waals surface area contributed by atoms with E-state index in [0.29, 0.717) is 18.4 Å². The van der Waals surface area contributed by atoms with Crippen molar-refractivity contribution in [3.05, 3.63) is 77.8 Å². The summed E-state index contributed by atoms with van der Waals surface area (Å²) in [6.07, 6.45) is 3.17. The van der Waals surface area contributed by atoms with Crippen molar-refractivity contribution in [2.45, 2.75) is 52.7 Å². The van der Waals surface area contributed by atoms with Gasteiger partial charge in [-0.1, -0.05) is 30.8 Å². The quantitative estimate of drug-likeness (QED) is 0.448. The number of nitrogens with one attached hydrogen (secondary N) is 1. The van der Waals surface area contributed by atoms with E-state index in [1.54, 1.807) is 6.07 Å². The summed E-state index contributed by atoms with van der Waals surface area (Å²) in [6.45, 7) is 11.8. The highest BCUT2D eigenvalue weighted by Crippen LogP contribution is 2.23. The summed E-state index contributed by atoms with van der Waals surface area (Å²) in [5.41, 5.74) is 5.41. The first kappa shape index (κ1) is 25.2.